The van der Waals surface area contributed by atoms with Crippen molar-refractivity contribution in [2.75, 3.05) is 17.7 Å². The molecule has 0 radical (unpaired) electrons. The molecule has 0 fully saturated rings. The summed E-state index contributed by atoms with van der Waals surface area (Å²) in [5, 5.41) is 2.79. The molecule has 0 aliphatic heterocycles. The van der Waals surface area contributed by atoms with Gasteiger partial charge in [-0.25, -0.2) is 4.39 Å². The topological polar surface area (TPSA) is 99.2 Å². The molecule has 7 nitrogen and oxygen atoms in total. The molecule has 1 amide bonds. The molecule has 34 heavy (non-hydrogen) atoms. The summed E-state index contributed by atoms with van der Waals surface area (Å²) < 4.78 is 20.2. The van der Waals surface area contributed by atoms with Crippen molar-refractivity contribution in [3.05, 3.63) is 100 Å². The second-order valence-electron chi connectivity index (χ2n) is 7.63. The molecule has 0 saturated carbocycles. The first-order valence-corrected chi connectivity index (χ1v) is 10.6. The molecule has 0 spiro atoms. The number of nitrogen functional groups attached to an aromatic ring is 1. The highest BCUT2D eigenvalue weighted by Gasteiger charge is 2.20. The number of anilines is 2. The molecule has 2 aromatic carbocycles. The van der Waals surface area contributed by atoms with Crippen LogP contribution in [0.25, 0.3) is 16.8 Å². The van der Waals surface area contributed by atoms with Gasteiger partial charge in [0.05, 0.1) is 12.3 Å². The lowest BCUT2D eigenvalue weighted by Gasteiger charge is -2.14. The molecule has 0 unspecified atom stereocenters. The largest absolute Gasteiger partial charge is 0.493 e. The summed E-state index contributed by atoms with van der Waals surface area (Å²) in [6.45, 7) is 3.98. The van der Waals surface area contributed by atoms with Gasteiger partial charge >= 0.3 is 0 Å². The number of aromatic nitrogens is 2. The van der Waals surface area contributed by atoms with E-state index in [1.165, 1.54) is 35.0 Å². The van der Waals surface area contributed by atoms with Crippen LogP contribution in [0.3, 0.4) is 0 Å². The fourth-order valence-corrected chi connectivity index (χ4v) is 3.62. The van der Waals surface area contributed by atoms with E-state index in [1.807, 2.05) is 13.0 Å². The van der Waals surface area contributed by atoms with Gasteiger partial charge in [0.2, 0.25) is 0 Å². The third-order valence-corrected chi connectivity index (χ3v) is 5.25. The minimum Gasteiger partial charge on any atom is -0.493 e. The van der Waals surface area contributed by atoms with Crippen molar-refractivity contribution in [2.24, 2.45) is 0 Å². The number of rotatable bonds is 6. The quantitative estimate of drug-likeness (QED) is 0.441. The van der Waals surface area contributed by atoms with Gasteiger partial charge < -0.3 is 15.8 Å². The van der Waals surface area contributed by atoms with Crippen LogP contribution < -0.4 is 21.3 Å². The fraction of sp³-hybridized carbons (Fsp3) is 0.115. The van der Waals surface area contributed by atoms with E-state index >= 15 is 0 Å². The van der Waals surface area contributed by atoms with E-state index in [0.29, 0.717) is 17.1 Å². The molecule has 0 saturated heterocycles. The Kier molecular flexibility index (Phi) is 6.40. The van der Waals surface area contributed by atoms with Crippen molar-refractivity contribution in [1.29, 1.82) is 0 Å². The molecule has 0 bridgehead atoms. The minimum absolute atomic E-state index is 0.151. The van der Waals surface area contributed by atoms with Crippen molar-refractivity contribution in [1.82, 2.24) is 9.55 Å². The summed E-state index contributed by atoms with van der Waals surface area (Å²) in [6.07, 6.45) is 4.74. The molecule has 0 aliphatic carbocycles. The lowest BCUT2D eigenvalue weighted by molar-refractivity contribution is 0.102. The first-order valence-electron chi connectivity index (χ1n) is 10.6. The molecule has 3 N–H and O–H groups in total. The van der Waals surface area contributed by atoms with Crippen LogP contribution in [-0.4, -0.2) is 22.1 Å². The van der Waals surface area contributed by atoms with Crippen LogP contribution in [-0.2, 0) is 0 Å². The lowest BCUT2D eigenvalue weighted by atomic mass is 10.0. The standard InChI is InChI=1S/C26H23FN4O3/c1-3-34-23-10-11-31(21-8-5-18(27)6-9-21)26(33)24(23)25(32)30-20-7-4-16(2)22(13-20)17-12-19(28)15-29-14-17/h4-15H,3,28H2,1-2H3,(H,30,32). The smallest absolute Gasteiger partial charge is 0.271 e. The van der Waals surface area contributed by atoms with E-state index < -0.39 is 17.3 Å². The van der Waals surface area contributed by atoms with E-state index in [9.17, 15) is 14.0 Å². The number of amides is 1. The molecule has 2 aromatic heterocycles. The first kappa shape index (κ1) is 22.7. The molecule has 0 atom stereocenters. The second-order valence-corrected chi connectivity index (χ2v) is 7.63. The Morgan fingerprint density at radius 2 is 1.88 bits per heavy atom. The fourth-order valence-electron chi connectivity index (χ4n) is 3.62. The predicted octanol–water partition coefficient (Wildman–Crippen LogP) is 4.58. The van der Waals surface area contributed by atoms with Gasteiger partial charge in [-0.15, -0.1) is 0 Å². The number of ether oxygens (including phenoxy) is 1. The Hall–Kier alpha value is -4.46. The van der Waals surface area contributed by atoms with Gasteiger partial charge in [0, 0.05) is 35.5 Å². The SMILES string of the molecule is CCOc1ccn(-c2ccc(F)cc2)c(=O)c1C(=O)Nc1ccc(C)c(-c2cncc(N)c2)c1. The molecular weight excluding hydrogens is 435 g/mol. The zero-order valence-corrected chi connectivity index (χ0v) is 18.7. The number of aryl methyl sites for hydroxylation is 1. The van der Waals surface area contributed by atoms with Crippen LogP contribution in [0.15, 0.2) is 78.0 Å². The third-order valence-electron chi connectivity index (χ3n) is 5.25. The average Bonchev–Trinajstić information content (AvgIpc) is 2.81. The number of nitrogens with one attached hydrogen (secondary N) is 1. The van der Waals surface area contributed by atoms with E-state index in [4.69, 9.17) is 10.5 Å². The van der Waals surface area contributed by atoms with Crippen LogP contribution in [0.2, 0.25) is 0 Å². The Bertz CT molecular complexity index is 1410. The Labute approximate surface area is 195 Å². The Morgan fingerprint density at radius 3 is 2.59 bits per heavy atom. The molecule has 2 heterocycles. The maximum absolute atomic E-state index is 13.3. The molecule has 8 heteroatoms. The van der Waals surface area contributed by atoms with Crippen LogP contribution >= 0.6 is 0 Å². The van der Waals surface area contributed by atoms with Crippen LogP contribution in [0, 0.1) is 12.7 Å². The van der Waals surface area contributed by atoms with Crippen molar-refractivity contribution in [2.45, 2.75) is 13.8 Å². The second kappa shape index (κ2) is 9.58. The zero-order chi connectivity index (χ0) is 24.2. The number of pyridine rings is 2. The maximum atomic E-state index is 13.3. The summed E-state index contributed by atoms with van der Waals surface area (Å²) in [5.41, 5.74) is 9.21. The van der Waals surface area contributed by atoms with Crippen molar-refractivity contribution in [3.63, 3.8) is 0 Å². The van der Waals surface area contributed by atoms with Gasteiger partial charge in [-0.1, -0.05) is 6.07 Å². The van der Waals surface area contributed by atoms with E-state index in [2.05, 4.69) is 10.3 Å². The van der Waals surface area contributed by atoms with Crippen LogP contribution in [0.4, 0.5) is 15.8 Å². The number of hydrogen-bond acceptors (Lipinski definition) is 5. The van der Waals surface area contributed by atoms with Crippen molar-refractivity contribution >= 4 is 17.3 Å². The maximum Gasteiger partial charge on any atom is 0.271 e. The number of nitrogens with zero attached hydrogens (tertiary/aromatic N) is 2. The number of nitrogens with two attached hydrogens (primary N) is 1. The predicted molar refractivity (Wildman–Crippen MR) is 130 cm³/mol. The van der Waals surface area contributed by atoms with E-state index in [1.54, 1.807) is 43.6 Å². The number of carbonyl (C=O) groups is 1. The highest BCUT2D eigenvalue weighted by Crippen LogP contribution is 2.28. The van der Waals surface area contributed by atoms with Gasteiger partial charge in [-0.2, -0.15) is 0 Å². The van der Waals surface area contributed by atoms with E-state index in [0.717, 1.165) is 16.7 Å². The van der Waals surface area contributed by atoms with Gasteiger partial charge in [-0.3, -0.25) is 19.1 Å². The number of carbonyl (C=O) groups excluding carboxylic acids is 1. The number of halogens is 1. The highest BCUT2D eigenvalue weighted by molar-refractivity contribution is 6.06. The van der Waals surface area contributed by atoms with E-state index in [-0.39, 0.29) is 17.9 Å². The van der Waals surface area contributed by atoms with Crippen LogP contribution in [0.1, 0.15) is 22.8 Å². The van der Waals surface area contributed by atoms with Crippen LogP contribution in [0.5, 0.6) is 5.75 Å². The van der Waals surface area contributed by atoms with Crippen molar-refractivity contribution in [3.8, 4) is 22.6 Å². The Morgan fingerprint density at radius 1 is 1.12 bits per heavy atom. The zero-order valence-electron chi connectivity index (χ0n) is 18.7. The number of hydrogen-bond donors (Lipinski definition) is 2. The molecule has 0 aliphatic rings. The summed E-state index contributed by atoms with van der Waals surface area (Å²) >= 11 is 0. The Balaban J connectivity index is 1.73. The van der Waals surface area contributed by atoms with Gasteiger partial charge in [0.25, 0.3) is 11.5 Å². The summed E-state index contributed by atoms with van der Waals surface area (Å²) in [4.78, 5) is 30.7. The normalized spacial score (nSPS) is 10.7. The summed E-state index contributed by atoms with van der Waals surface area (Å²) in [7, 11) is 0. The summed E-state index contributed by atoms with van der Waals surface area (Å²) in [6, 6.07) is 14.2. The van der Waals surface area contributed by atoms with Gasteiger partial charge in [-0.05, 0) is 73.5 Å². The average molecular weight is 458 g/mol. The molecule has 4 aromatic rings. The summed E-state index contributed by atoms with van der Waals surface area (Å²) in [5.74, 6) is -0.882. The molecular formula is C26H23FN4O3. The minimum atomic E-state index is -0.620. The van der Waals surface area contributed by atoms with Gasteiger partial charge in [0.15, 0.2) is 0 Å². The highest BCUT2D eigenvalue weighted by atomic mass is 19.1. The molecule has 172 valence electrons. The van der Waals surface area contributed by atoms with Crippen molar-refractivity contribution < 1.29 is 13.9 Å². The van der Waals surface area contributed by atoms with Gasteiger partial charge in [0.1, 0.15) is 17.1 Å². The lowest BCUT2D eigenvalue weighted by Crippen LogP contribution is -2.29. The third kappa shape index (κ3) is 4.66. The monoisotopic (exact) mass is 458 g/mol. The first-order chi connectivity index (χ1) is 16.4. The molecule has 4 rings (SSSR count). The number of benzene rings is 2.